The minimum atomic E-state index is -4.86. The Kier molecular flexibility index (Phi) is 22.3. The van der Waals surface area contributed by atoms with Gasteiger partial charge in [0.1, 0.15) is 48.9 Å². The summed E-state index contributed by atoms with van der Waals surface area (Å²) in [5.74, 6) is -10.6. The largest absolute Gasteiger partial charge is 0.489 e. The molecule has 0 aliphatic rings. The average molecular weight is 1010 g/mol. The zero-order chi connectivity index (χ0) is 53.8. The van der Waals surface area contributed by atoms with E-state index in [-0.39, 0.29) is 25.7 Å². The van der Waals surface area contributed by atoms with Gasteiger partial charge in [0.05, 0.1) is 25.3 Å². The van der Waals surface area contributed by atoms with E-state index in [0.717, 1.165) is 5.56 Å². The molecule has 390 valence electrons. The number of carbonyl (C=O) groups excluding carboxylic acids is 7. The number of carboxylic acid groups (broad SMARTS) is 3. The van der Waals surface area contributed by atoms with E-state index in [9.17, 15) is 71.3 Å². The van der Waals surface area contributed by atoms with Crippen LogP contribution in [0.4, 0.5) is 13.2 Å². The molecule has 20 nitrogen and oxygen atoms in total. The van der Waals surface area contributed by atoms with Crippen molar-refractivity contribution in [2.75, 3.05) is 0 Å². The van der Waals surface area contributed by atoms with Crippen LogP contribution >= 0.6 is 0 Å². The summed E-state index contributed by atoms with van der Waals surface area (Å²) in [4.78, 5) is 128. The molecule has 72 heavy (non-hydrogen) atoms. The number of alkyl halides is 3. The lowest BCUT2D eigenvalue weighted by atomic mass is 9.85. The van der Waals surface area contributed by atoms with Crippen LogP contribution in [0.25, 0.3) is 0 Å². The Morgan fingerprint density at radius 2 is 1.12 bits per heavy atom. The summed E-state index contributed by atoms with van der Waals surface area (Å²) in [6.07, 6.45) is -10.9. The Morgan fingerprint density at radius 3 is 1.69 bits per heavy atom. The van der Waals surface area contributed by atoms with Crippen molar-refractivity contribution in [3.63, 3.8) is 0 Å². The van der Waals surface area contributed by atoms with Crippen LogP contribution < -0.4 is 36.6 Å². The molecule has 9 N–H and O–H groups in total. The summed E-state index contributed by atoms with van der Waals surface area (Å²) < 4.78 is 45.9. The van der Waals surface area contributed by atoms with Crippen LogP contribution in [-0.4, -0.2) is 117 Å². The Hall–Kier alpha value is -7.85. The third kappa shape index (κ3) is 21.0. The number of aldehydes is 1. The van der Waals surface area contributed by atoms with E-state index in [2.05, 4.69) is 26.6 Å². The molecule has 0 radical (unpaired) electrons. The first kappa shape index (κ1) is 58.5. The predicted octanol–water partition coefficient (Wildman–Crippen LogP) is 2.67. The number of rotatable bonds is 28. The Labute approximate surface area is 412 Å². The van der Waals surface area contributed by atoms with Crippen molar-refractivity contribution in [3.05, 3.63) is 101 Å². The number of nitrogens with one attached hydrogen (secondary N) is 6. The first-order valence-corrected chi connectivity index (χ1v) is 22.5. The Morgan fingerprint density at radius 1 is 0.583 bits per heavy atom. The van der Waals surface area contributed by atoms with Crippen LogP contribution in [0, 0.1) is 12.3 Å². The minimum Gasteiger partial charge on any atom is -0.489 e. The fraction of sp³-hybridized carbons (Fsp3) is 0.429. The molecule has 0 aliphatic carbocycles. The molecule has 3 rings (SSSR count). The molecule has 0 bridgehead atoms. The van der Waals surface area contributed by atoms with E-state index in [0.29, 0.717) is 22.4 Å². The number of hydrogen-bond donors (Lipinski definition) is 9. The molecular weight excluding hydrogens is 954 g/mol. The first-order valence-electron chi connectivity index (χ1n) is 22.5. The molecule has 0 aliphatic heterocycles. The van der Waals surface area contributed by atoms with Gasteiger partial charge < -0.3 is 56.8 Å². The highest BCUT2D eigenvalue weighted by Gasteiger charge is 2.39. The summed E-state index contributed by atoms with van der Waals surface area (Å²) in [5, 5.41) is 41.7. The molecule has 0 aromatic heterocycles. The van der Waals surface area contributed by atoms with Crippen LogP contribution in [0.3, 0.4) is 0 Å². The van der Waals surface area contributed by atoms with Gasteiger partial charge in [0.15, 0.2) is 0 Å². The van der Waals surface area contributed by atoms with Gasteiger partial charge in [-0.25, -0.2) is 0 Å². The fourth-order valence-electron chi connectivity index (χ4n) is 6.97. The quantitative estimate of drug-likeness (QED) is 0.0473. The van der Waals surface area contributed by atoms with Gasteiger partial charge in [0, 0.05) is 25.7 Å². The maximum Gasteiger partial charge on any atom is 0.391 e. The third-order valence-corrected chi connectivity index (χ3v) is 10.8. The van der Waals surface area contributed by atoms with E-state index in [1.54, 1.807) is 55.5 Å². The molecule has 1 unspecified atom stereocenters. The van der Waals surface area contributed by atoms with Crippen molar-refractivity contribution in [2.45, 2.75) is 128 Å². The van der Waals surface area contributed by atoms with E-state index in [1.165, 1.54) is 20.8 Å². The van der Waals surface area contributed by atoms with Gasteiger partial charge in [-0.3, -0.25) is 43.2 Å². The summed E-state index contributed by atoms with van der Waals surface area (Å²) in [6.45, 7) is 6.52. The van der Waals surface area contributed by atoms with Gasteiger partial charge in [-0.05, 0) is 53.1 Å². The third-order valence-electron chi connectivity index (χ3n) is 10.8. The SMILES string of the molecule is Cc1ccccc1C[C@H](NC(=O)[C@H](CCC(=O)O)NC(=O)[C@H](CC(=O)O)NC(=O)CCC(=O)O)C(=O)N[C@H](C(=O)N[C@@H](Cc1ccc(OCc2ccccc2)cc1)C(=O)NC(C=O)CC(F)(F)F)C(C)(C)C. The maximum absolute atomic E-state index is 14.5. The molecule has 6 atom stereocenters. The highest BCUT2D eigenvalue weighted by Crippen LogP contribution is 2.23. The van der Waals surface area contributed by atoms with Gasteiger partial charge >= 0.3 is 24.1 Å². The van der Waals surface area contributed by atoms with Crippen LogP contribution in [-0.2, 0) is 67.4 Å². The lowest BCUT2D eigenvalue weighted by Gasteiger charge is -2.33. The van der Waals surface area contributed by atoms with Gasteiger partial charge in [0.25, 0.3) is 0 Å². The number of ether oxygens (including phenoxy) is 1. The van der Waals surface area contributed by atoms with Gasteiger partial charge in [0.2, 0.25) is 35.4 Å². The number of carboxylic acids is 3. The number of hydrogen-bond acceptors (Lipinski definition) is 11. The minimum absolute atomic E-state index is 0.0980. The van der Waals surface area contributed by atoms with E-state index in [4.69, 9.17) is 9.84 Å². The zero-order valence-corrected chi connectivity index (χ0v) is 39.9. The number of carbonyl (C=O) groups is 10. The number of aliphatic carboxylic acids is 3. The second-order valence-corrected chi connectivity index (χ2v) is 17.9. The number of benzene rings is 3. The molecule has 3 aromatic carbocycles. The van der Waals surface area contributed by atoms with E-state index in [1.807, 2.05) is 35.6 Å². The lowest BCUT2D eigenvalue weighted by Crippen LogP contribution is -2.62. The molecule has 0 saturated carbocycles. The highest BCUT2D eigenvalue weighted by molar-refractivity contribution is 5.98. The number of halogens is 3. The summed E-state index contributed by atoms with van der Waals surface area (Å²) in [7, 11) is 0. The van der Waals surface area contributed by atoms with Crippen molar-refractivity contribution in [1.29, 1.82) is 0 Å². The summed E-state index contributed by atoms with van der Waals surface area (Å²) >= 11 is 0. The van der Waals surface area contributed by atoms with Crippen molar-refractivity contribution >= 4 is 59.6 Å². The number of aryl methyl sites for hydroxylation is 1. The number of amides is 6. The Balaban J connectivity index is 1.97. The van der Waals surface area contributed by atoms with Gasteiger partial charge in [-0.15, -0.1) is 0 Å². The normalized spacial score (nSPS) is 13.8. The molecule has 0 spiro atoms. The van der Waals surface area contributed by atoms with Crippen LogP contribution in [0.5, 0.6) is 5.75 Å². The molecular formula is C49H59F3N6O14. The summed E-state index contributed by atoms with van der Waals surface area (Å²) in [6, 6.07) is 11.6. The van der Waals surface area contributed by atoms with Crippen LogP contribution in [0.1, 0.15) is 81.5 Å². The lowest BCUT2D eigenvalue weighted by molar-refractivity contribution is -0.147. The average Bonchev–Trinajstić information content (AvgIpc) is 3.29. The fourth-order valence-corrected chi connectivity index (χ4v) is 6.97. The molecule has 0 fully saturated rings. The monoisotopic (exact) mass is 1010 g/mol. The van der Waals surface area contributed by atoms with Gasteiger partial charge in [-0.2, -0.15) is 13.2 Å². The van der Waals surface area contributed by atoms with Crippen molar-refractivity contribution in [3.8, 4) is 5.75 Å². The Bertz CT molecular complexity index is 2400. The van der Waals surface area contributed by atoms with Crippen LogP contribution in [0.15, 0.2) is 78.9 Å². The zero-order valence-electron chi connectivity index (χ0n) is 39.9. The standard InChI is InChI=1S/C49H59F3N6O14/c1-28-10-8-9-13-31(28)23-36(56-43(67)34(18-20-39(61)62)55-45(69)37(24-41(65)66)54-38(60)19-21-40(63)64)46(70)58-42(48(2,3)4)47(71)57-35(44(68)53-32(26-59)25-49(50,51)52)22-29-14-16-33(17-15-29)72-27-30-11-6-5-7-12-30/h5-17,26,32,34-37,42H,18-25,27H2,1-4H3,(H,53,68)(H,54,60)(H,55,69)(H,56,67)(H,57,71)(H,58,70)(H,61,62)(H,63,64)(H,65,66)/t32?,34-,35-,36-,37-,42+/m0/s1. The molecule has 0 heterocycles. The van der Waals surface area contributed by atoms with E-state index >= 15 is 0 Å². The highest BCUT2D eigenvalue weighted by atomic mass is 19.4. The first-order chi connectivity index (χ1) is 33.7. The molecule has 6 amide bonds. The van der Waals surface area contributed by atoms with Crippen molar-refractivity contribution < 1.29 is 81.2 Å². The van der Waals surface area contributed by atoms with Crippen molar-refractivity contribution in [1.82, 2.24) is 31.9 Å². The van der Waals surface area contributed by atoms with Crippen LogP contribution in [0.2, 0.25) is 0 Å². The predicted molar refractivity (Wildman–Crippen MR) is 250 cm³/mol. The second-order valence-electron chi connectivity index (χ2n) is 17.9. The summed E-state index contributed by atoms with van der Waals surface area (Å²) in [5.41, 5.74) is 1.22. The second kappa shape index (κ2) is 27.5. The van der Waals surface area contributed by atoms with Gasteiger partial charge in [-0.1, -0.05) is 87.5 Å². The molecule has 0 saturated heterocycles. The smallest absolute Gasteiger partial charge is 0.391 e. The molecule has 23 heteroatoms. The topological polar surface area (TPSA) is 313 Å². The van der Waals surface area contributed by atoms with Crippen molar-refractivity contribution in [2.24, 2.45) is 5.41 Å². The molecule has 3 aromatic rings. The maximum atomic E-state index is 14.5. The van der Waals surface area contributed by atoms with E-state index < -0.39 is 140 Å².